The molecule has 0 unspecified atom stereocenters. The number of amides is 1. The molecule has 1 fully saturated rings. The molecule has 1 aliphatic rings. The van der Waals surface area contributed by atoms with E-state index in [1.54, 1.807) is 18.1 Å². The number of methoxy groups -OCH3 is 1. The summed E-state index contributed by atoms with van der Waals surface area (Å²) in [6.07, 6.45) is 4.03. The highest BCUT2D eigenvalue weighted by Gasteiger charge is 2.29. The Morgan fingerprint density at radius 2 is 2.26 bits per heavy atom. The minimum atomic E-state index is -0.178. The molecule has 0 spiro atoms. The van der Waals surface area contributed by atoms with Crippen LogP contribution in [-0.4, -0.2) is 46.5 Å². The molecule has 1 aromatic carbocycles. The van der Waals surface area contributed by atoms with Crippen LogP contribution in [0.5, 0.6) is 0 Å². The molecule has 0 bridgehead atoms. The summed E-state index contributed by atoms with van der Waals surface area (Å²) >= 11 is 0. The lowest BCUT2D eigenvalue weighted by atomic mass is 10.1. The van der Waals surface area contributed by atoms with Crippen LogP contribution >= 0.6 is 0 Å². The number of nitrogens with one attached hydrogen (secondary N) is 2. The quantitative estimate of drug-likeness (QED) is 0.802. The molecule has 0 saturated carbocycles. The number of rotatable bonds is 6. The second kappa shape index (κ2) is 7.34. The number of carbonyl (C=O) groups is 1. The maximum Gasteiger partial charge on any atom is 0.237 e. The average Bonchev–Trinajstić information content (AvgIpc) is 3.25. The number of carbonyl (C=O) groups excluding carboxylic acids is 1. The maximum absolute atomic E-state index is 12.3. The Labute approximate surface area is 135 Å². The maximum atomic E-state index is 12.3. The monoisotopic (exact) mass is 315 g/mol. The Bertz CT molecular complexity index is 644. The number of hydrogen-bond donors (Lipinski definition) is 2. The summed E-state index contributed by atoms with van der Waals surface area (Å²) in [4.78, 5) is 16.2. The number of hydrogen-bond acceptors (Lipinski definition) is 5. The molecule has 7 heteroatoms. The molecule has 122 valence electrons. The van der Waals surface area contributed by atoms with E-state index in [1.807, 2.05) is 24.3 Å². The minimum absolute atomic E-state index is 0.0140. The third-order valence-corrected chi connectivity index (χ3v) is 4.11. The van der Waals surface area contributed by atoms with Crippen molar-refractivity contribution in [1.29, 1.82) is 0 Å². The molecule has 2 heterocycles. The predicted molar refractivity (Wildman–Crippen MR) is 84.6 cm³/mol. The van der Waals surface area contributed by atoms with E-state index < -0.39 is 0 Å². The predicted octanol–water partition coefficient (Wildman–Crippen LogP) is 0.320. The first-order valence-electron chi connectivity index (χ1n) is 7.69. The first kappa shape index (κ1) is 15.6. The zero-order valence-corrected chi connectivity index (χ0v) is 13.1. The van der Waals surface area contributed by atoms with Gasteiger partial charge in [0.2, 0.25) is 5.91 Å². The third kappa shape index (κ3) is 3.94. The Morgan fingerprint density at radius 1 is 1.43 bits per heavy atom. The van der Waals surface area contributed by atoms with Gasteiger partial charge in [0, 0.05) is 20.2 Å². The van der Waals surface area contributed by atoms with E-state index in [0.717, 1.165) is 17.7 Å². The second-order valence-electron chi connectivity index (χ2n) is 5.63. The van der Waals surface area contributed by atoms with Crippen molar-refractivity contribution in [2.24, 2.45) is 0 Å². The van der Waals surface area contributed by atoms with Crippen molar-refractivity contribution in [2.75, 3.05) is 13.7 Å². The fourth-order valence-corrected chi connectivity index (χ4v) is 2.76. The van der Waals surface area contributed by atoms with E-state index in [0.29, 0.717) is 19.5 Å². The fourth-order valence-electron chi connectivity index (χ4n) is 2.76. The molecule has 1 saturated heterocycles. The number of nitrogens with zero attached hydrogens (tertiary/aromatic N) is 3. The molecule has 23 heavy (non-hydrogen) atoms. The number of benzene rings is 1. The molecule has 7 nitrogen and oxygen atoms in total. The van der Waals surface area contributed by atoms with E-state index in [1.165, 1.54) is 6.33 Å². The van der Waals surface area contributed by atoms with Gasteiger partial charge in [-0.1, -0.05) is 24.3 Å². The average molecular weight is 315 g/mol. The van der Waals surface area contributed by atoms with E-state index in [2.05, 4.69) is 20.7 Å². The Morgan fingerprint density at radius 3 is 2.96 bits per heavy atom. The summed E-state index contributed by atoms with van der Waals surface area (Å²) < 4.78 is 7.04. The van der Waals surface area contributed by atoms with Gasteiger partial charge < -0.3 is 15.4 Å². The van der Waals surface area contributed by atoms with Crippen LogP contribution in [0.4, 0.5) is 0 Å². The molecular weight excluding hydrogens is 294 g/mol. The molecule has 0 radical (unpaired) electrons. The zero-order valence-electron chi connectivity index (χ0n) is 13.1. The van der Waals surface area contributed by atoms with Crippen molar-refractivity contribution in [3.05, 3.63) is 48.0 Å². The Balaban J connectivity index is 1.59. The molecule has 2 atom stereocenters. The van der Waals surface area contributed by atoms with Gasteiger partial charge in [-0.25, -0.2) is 9.67 Å². The highest BCUT2D eigenvalue weighted by molar-refractivity contribution is 5.82. The zero-order chi connectivity index (χ0) is 16.1. The van der Waals surface area contributed by atoms with Crippen LogP contribution in [0.3, 0.4) is 0 Å². The molecule has 1 aliphatic heterocycles. The first-order valence-corrected chi connectivity index (χ1v) is 7.69. The number of ether oxygens (including phenoxy) is 1. The molecule has 0 aliphatic carbocycles. The lowest BCUT2D eigenvalue weighted by Gasteiger charge is -2.14. The summed E-state index contributed by atoms with van der Waals surface area (Å²) in [7, 11) is 1.67. The molecule has 2 N–H and O–H groups in total. The van der Waals surface area contributed by atoms with E-state index in [9.17, 15) is 4.79 Å². The lowest BCUT2D eigenvalue weighted by molar-refractivity contribution is -0.123. The normalized spacial score (nSPS) is 20.6. The highest BCUT2D eigenvalue weighted by atomic mass is 16.5. The van der Waals surface area contributed by atoms with Crippen LogP contribution in [0, 0.1) is 0 Å². The topological polar surface area (TPSA) is 81.1 Å². The van der Waals surface area contributed by atoms with Crippen LogP contribution in [0.1, 0.15) is 17.5 Å². The van der Waals surface area contributed by atoms with E-state index in [4.69, 9.17) is 4.74 Å². The van der Waals surface area contributed by atoms with Crippen molar-refractivity contribution in [3.63, 3.8) is 0 Å². The molecule has 1 amide bonds. The van der Waals surface area contributed by atoms with Crippen molar-refractivity contribution in [1.82, 2.24) is 25.4 Å². The van der Waals surface area contributed by atoms with Gasteiger partial charge in [0.15, 0.2) is 0 Å². The van der Waals surface area contributed by atoms with Crippen molar-refractivity contribution in [2.45, 2.75) is 31.7 Å². The van der Waals surface area contributed by atoms with Gasteiger partial charge >= 0.3 is 0 Å². The molecular formula is C16H21N5O2. The molecule has 3 rings (SSSR count). The van der Waals surface area contributed by atoms with Crippen LogP contribution in [-0.2, 0) is 22.6 Å². The Kier molecular flexibility index (Phi) is 4.99. The third-order valence-electron chi connectivity index (χ3n) is 4.11. The minimum Gasteiger partial charge on any atom is -0.380 e. The largest absolute Gasteiger partial charge is 0.380 e. The van der Waals surface area contributed by atoms with Gasteiger partial charge in [0.1, 0.15) is 12.7 Å². The fraction of sp³-hybridized carbons (Fsp3) is 0.438. The van der Waals surface area contributed by atoms with E-state index >= 15 is 0 Å². The highest BCUT2D eigenvalue weighted by Crippen LogP contribution is 2.12. The smallest absolute Gasteiger partial charge is 0.237 e. The standard InChI is InChI=1S/C16H21N5O2/c1-23-14-6-15(18-8-14)16(22)19-7-12-4-2-3-5-13(12)9-21-11-17-10-20-21/h2-5,10-11,14-15,18H,6-9H2,1H3,(H,19,22)/t14-,15-/m0/s1. The summed E-state index contributed by atoms with van der Waals surface area (Å²) in [6.45, 7) is 1.86. The molecule has 1 aromatic heterocycles. The van der Waals surface area contributed by atoms with Crippen LogP contribution in [0.15, 0.2) is 36.9 Å². The van der Waals surface area contributed by atoms with Crippen LogP contribution < -0.4 is 10.6 Å². The van der Waals surface area contributed by atoms with Gasteiger partial charge in [0.25, 0.3) is 0 Å². The summed E-state index contributed by atoms with van der Waals surface area (Å²) in [5.74, 6) is 0.0140. The van der Waals surface area contributed by atoms with Crippen LogP contribution in [0.25, 0.3) is 0 Å². The van der Waals surface area contributed by atoms with Gasteiger partial charge in [-0.2, -0.15) is 5.10 Å². The van der Waals surface area contributed by atoms with Gasteiger partial charge in [-0.05, 0) is 17.5 Å². The first-order chi connectivity index (χ1) is 11.3. The SMILES string of the molecule is CO[C@@H]1CN[C@H](C(=O)NCc2ccccc2Cn2cncn2)C1. The van der Waals surface area contributed by atoms with Crippen molar-refractivity contribution in [3.8, 4) is 0 Å². The van der Waals surface area contributed by atoms with Gasteiger partial charge in [0.05, 0.1) is 18.7 Å². The number of aromatic nitrogens is 3. The van der Waals surface area contributed by atoms with Crippen molar-refractivity contribution < 1.29 is 9.53 Å². The van der Waals surface area contributed by atoms with Crippen LogP contribution in [0.2, 0.25) is 0 Å². The summed E-state index contributed by atoms with van der Waals surface area (Å²) in [6, 6.07) is 7.84. The second-order valence-corrected chi connectivity index (χ2v) is 5.63. The van der Waals surface area contributed by atoms with Crippen molar-refractivity contribution >= 4 is 5.91 Å². The summed E-state index contributed by atoms with van der Waals surface area (Å²) in [5, 5.41) is 10.3. The Hall–Kier alpha value is -2.25. The lowest BCUT2D eigenvalue weighted by Crippen LogP contribution is -2.40. The van der Waals surface area contributed by atoms with E-state index in [-0.39, 0.29) is 18.1 Å². The molecule has 2 aromatic rings. The van der Waals surface area contributed by atoms with Gasteiger partial charge in [-0.3, -0.25) is 4.79 Å². The summed E-state index contributed by atoms with van der Waals surface area (Å²) in [5.41, 5.74) is 2.20. The van der Waals surface area contributed by atoms with Gasteiger partial charge in [-0.15, -0.1) is 0 Å².